The Balaban J connectivity index is 2.42. The van der Waals surface area contributed by atoms with Gasteiger partial charge in [0.1, 0.15) is 12.4 Å². The van der Waals surface area contributed by atoms with Crippen LogP contribution in [0.3, 0.4) is 0 Å². The Morgan fingerprint density at radius 3 is 2.25 bits per heavy atom. The molecule has 20 heavy (non-hydrogen) atoms. The number of rotatable bonds is 8. The molecule has 0 spiro atoms. The molecule has 0 heterocycles. The van der Waals surface area contributed by atoms with Gasteiger partial charge in [-0.25, -0.2) is 8.42 Å². The quantitative estimate of drug-likeness (QED) is 0.798. The highest BCUT2D eigenvalue weighted by molar-refractivity contribution is 7.91. The summed E-state index contributed by atoms with van der Waals surface area (Å²) in [5.41, 5.74) is 6.93. The lowest BCUT2D eigenvalue weighted by atomic mass is 10.1. The number of hydrogen-bond acceptors (Lipinski definition) is 4. The molecule has 5 heteroatoms. The number of benzene rings is 1. The Hall–Kier alpha value is -1.07. The number of sulfone groups is 1. The maximum Gasteiger partial charge on any atom is 0.155 e. The van der Waals surface area contributed by atoms with Crippen molar-refractivity contribution in [1.82, 2.24) is 0 Å². The molecule has 2 N–H and O–H groups in total. The van der Waals surface area contributed by atoms with Gasteiger partial charge in [-0.05, 0) is 51.3 Å². The van der Waals surface area contributed by atoms with Gasteiger partial charge in [-0.3, -0.25) is 0 Å². The molecule has 0 radical (unpaired) electrons. The fourth-order valence-corrected chi connectivity index (χ4v) is 2.45. The van der Waals surface area contributed by atoms with Gasteiger partial charge in [0.25, 0.3) is 0 Å². The summed E-state index contributed by atoms with van der Waals surface area (Å²) in [4.78, 5) is 0. The topological polar surface area (TPSA) is 69.4 Å². The molecule has 0 bridgehead atoms. The molecule has 0 fully saturated rings. The second kappa shape index (κ2) is 7.64. The first-order chi connectivity index (χ1) is 9.31. The van der Waals surface area contributed by atoms with E-state index in [1.807, 2.05) is 31.2 Å². The Kier molecular flexibility index (Phi) is 6.49. The van der Waals surface area contributed by atoms with Crippen molar-refractivity contribution in [2.45, 2.75) is 44.9 Å². The van der Waals surface area contributed by atoms with Crippen molar-refractivity contribution in [2.24, 2.45) is 5.73 Å². The first-order valence-electron chi connectivity index (χ1n) is 7.00. The zero-order valence-corrected chi connectivity index (χ0v) is 13.3. The first kappa shape index (κ1) is 17.0. The van der Waals surface area contributed by atoms with Gasteiger partial charge in [0.2, 0.25) is 0 Å². The fraction of sp³-hybridized carbons (Fsp3) is 0.600. The van der Waals surface area contributed by atoms with Crippen molar-refractivity contribution in [3.05, 3.63) is 29.8 Å². The molecule has 0 aliphatic carbocycles. The molecule has 0 aromatic heterocycles. The van der Waals surface area contributed by atoms with Crippen LogP contribution in [-0.4, -0.2) is 32.1 Å². The summed E-state index contributed by atoms with van der Waals surface area (Å²) in [7, 11) is -3.03. The second-order valence-electron chi connectivity index (χ2n) is 5.42. The first-order valence-corrected chi connectivity index (χ1v) is 8.71. The molecule has 0 saturated heterocycles. The van der Waals surface area contributed by atoms with Crippen LogP contribution in [0, 0.1) is 0 Å². The monoisotopic (exact) mass is 299 g/mol. The van der Waals surface area contributed by atoms with Gasteiger partial charge < -0.3 is 10.5 Å². The standard InChI is InChI=1S/C15H25NO3S/c1-12(2)20(17,18)11-10-19-15-8-6-14(7-9-15)5-4-13(3)16/h6-9,12-13H,4-5,10-11,16H2,1-3H3. The molecule has 0 aliphatic rings. The predicted octanol–water partition coefficient (Wildman–Crippen LogP) is 2.17. The maximum absolute atomic E-state index is 11.6. The zero-order valence-electron chi connectivity index (χ0n) is 12.5. The molecule has 0 amide bonds. The van der Waals surface area contributed by atoms with Gasteiger partial charge in [-0.15, -0.1) is 0 Å². The average molecular weight is 299 g/mol. The van der Waals surface area contributed by atoms with Crippen molar-refractivity contribution in [3.8, 4) is 5.75 Å². The van der Waals surface area contributed by atoms with Crippen LogP contribution in [0.4, 0.5) is 0 Å². The third kappa shape index (κ3) is 5.92. The van der Waals surface area contributed by atoms with E-state index in [4.69, 9.17) is 10.5 Å². The summed E-state index contributed by atoms with van der Waals surface area (Å²) in [6.45, 7) is 5.55. The van der Waals surface area contributed by atoms with Crippen molar-refractivity contribution in [3.63, 3.8) is 0 Å². The molecule has 1 unspecified atom stereocenters. The van der Waals surface area contributed by atoms with E-state index in [0.717, 1.165) is 12.8 Å². The highest BCUT2D eigenvalue weighted by Crippen LogP contribution is 2.14. The zero-order chi connectivity index (χ0) is 15.2. The average Bonchev–Trinajstić information content (AvgIpc) is 2.37. The van der Waals surface area contributed by atoms with E-state index in [1.165, 1.54) is 5.56 Å². The summed E-state index contributed by atoms with van der Waals surface area (Å²) in [5.74, 6) is 0.755. The Morgan fingerprint density at radius 2 is 1.75 bits per heavy atom. The number of ether oxygens (including phenoxy) is 1. The fourth-order valence-electron chi connectivity index (χ4n) is 1.66. The summed E-state index contributed by atoms with van der Waals surface area (Å²) < 4.78 is 28.7. The van der Waals surface area contributed by atoms with E-state index in [0.29, 0.717) is 5.75 Å². The van der Waals surface area contributed by atoms with E-state index in [-0.39, 0.29) is 23.7 Å². The molecular formula is C15H25NO3S. The van der Waals surface area contributed by atoms with Crippen molar-refractivity contribution in [1.29, 1.82) is 0 Å². The highest BCUT2D eigenvalue weighted by Gasteiger charge is 2.15. The Morgan fingerprint density at radius 1 is 1.15 bits per heavy atom. The van der Waals surface area contributed by atoms with Crippen LogP contribution in [-0.2, 0) is 16.3 Å². The molecule has 1 atom stereocenters. The maximum atomic E-state index is 11.6. The highest BCUT2D eigenvalue weighted by atomic mass is 32.2. The summed E-state index contributed by atoms with van der Waals surface area (Å²) >= 11 is 0. The molecule has 1 aromatic carbocycles. The second-order valence-corrected chi connectivity index (χ2v) is 8.10. The predicted molar refractivity (Wildman–Crippen MR) is 82.8 cm³/mol. The van der Waals surface area contributed by atoms with Crippen LogP contribution in [0.2, 0.25) is 0 Å². The van der Waals surface area contributed by atoms with Crippen LogP contribution in [0.5, 0.6) is 5.75 Å². The number of nitrogens with two attached hydrogens (primary N) is 1. The molecule has 1 aromatic rings. The van der Waals surface area contributed by atoms with E-state index in [1.54, 1.807) is 13.8 Å². The molecule has 114 valence electrons. The van der Waals surface area contributed by atoms with Gasteiger partial charge >= 0.3 is 0 Å². The SMILES string of the molecule is CC(N)CCc1ccc(OCCS(=O)(=O)C(C)C)cc1. The largest absolute Gasteiger partial charge is 0.493 e. The minimum Gasteiger partial charge on any atom is -0.493 e. The van der Waals surface area contributed by atoms with Crippen LogP contribution in [0.1, 0.15) is 32.8 Å². The molecular weight excluding hydrogens is 274 g/mol. The van der Waals surface area contributed by atoms with Crippen molar-refractivity contribution >= 4 is 9.84 Å². The molecule has 0 saturated carbocycles. The Bertz CT molecular complexity index is 492. The van der Waals surface area contributed by atoms with Crippen LogP contribution < -0.4 is 10.5 Å². The molecule has 4 nitrogen and oxygen atoms in total. The van der Waals surface area contributed by atoms with Crippen LogP contribution in [0.25, 0.3) is 0 Å². The number of aryl methyl sites for hydroxylation is 1. The third-order valence-corrected chi connectivity index (χ3v) is 5.34. The lowest BCUT2D eigenvalue weighted by molar-refractivity contribution is 0.340. The molecule has 0 aliphatic heterocycles. The van der Waals surface area contributed by atoms with E-state index in [9.17, 15) is 8.42 Å². The molecule has 1 rings (SSSR count). The summed E-state index contributed by atoms with van der Waals surface area (Å²) in [6, 6.07) is 7.94. The van der Waals surface area contributed by atoms with Gasteiger partial charge in [-0.1, -0.05) is 12.1 Å². The summed E-state index contributed by atoms with van der Waals surface area (Å²) in [5, 5.41) is -0.355. The lowest BCUT2D eigenvalue weighted by Gasteiger charge is -2.10. The van der Waals surface area contributed by atoms with Crippen molar-refractivity contribution in [2.75, 3.05) is 12.4 Å². The van der Waals surface area contributed by atoms with Crippen LogP contribution >= 0.6 is 0 Å². The minimum absolute atomic E-state index is 0.0527. The van der Waals surface area contributed by atoms with Gasteiger partial charge in [-0.2, -0.15) is 0 Å². The van der Waals surface area contributed by atoms with E-state index < -0.39 is 9.84 Å². The normalized spacial score (nSPS) is 13.4. The van der Waals surface area contributed by atoms with E-state index >= 15 is 0 Å². The smallest absolute Gasteiger partial charge is 0.155 e. The lowest BCUT2D eigenvalue weighted by Crippen LogP contribution is -2.22. The van der Waals surface area contributed by atoms with E-state index in [2.05, 4.69) is 0 Å². The van der Waals surface area contributed by atoms with Crippen LogP contribution in [0.15, 0.2) is 24.3 Å². The van der Waals surface area contributed by atoms with Gasteiger partial charge in [0, 0.05) is 6.04 Å². The van der Waals surface area contributed by atoms with Gasteiger partial charge in [0.05, 0.1) is 11.0 Å². The number of hydrogen-bond donors (Lipinski definition) is 1. The summed E-state index contributed by atoms with van der Waals surface area (Å²) in [6.07, 6.45) is 1.90. The van der Waals surface area contributed by atoms with Gasteiger partial charge in [0.15, 0.2) is 9.84 Å². The third-order valence-electron chi connectivity index (χ3n) is 3.17. The van der Waals surface area contributed by atoms with Crippen molar-refractivity contribution < 1.29 is 13.2 Å². The Labute approximate surface area is 122 Å². The minimum atomic E-state index is -3.03.